The number of fused-ring (bicyclic) bond motifs is 4. The number of aryl methyl sites for hydroxylation is 1. The van der Waals surface area contributed by atoms with Gasteiger partial charge in [-0.1, -0.05) is 77.9 Å². The second-order valence-corrected chi connectivity index (χ2v) is 10.6. The van der Waals surface area contributed by atoms with Crippen LogP contribution in [0.5, 0.6) is 23.0 Å². The molecule has 5 aromatic carbocycles. The lowest BCUT2D eigenvalue weighted by atomic mass is 9.86. The summed E-state index contributed by atoms with van der Waals surface area (Å²) in [5.41, 5.74) is 12.2. The molecule has 5 aromatic rings. The number of benzene rings is 5. The molecule has 2 aliphatic heterocycles. The Morgan fingerprint density at radius 1 is 0.553 bits per heavy atom. The van der Waals surface area contributed by atoms with Crippen molar-refractivity contribution < 1.29 is 9.47 Å². The van der Waals surface area contributed by atoms with Gasteiger partial charge in [0, 0.05) is 21.9 Å². The second-order valence-electron chi connectivity index (χ2n) is 10.6. The lowest BCUT2D eigenvalue weighted by Gasteiger charge is -2.28. The van der Waals surface area contributed by atoms with Gasteiger partial charge in [-0.15, -0.1) is 0 Å². The summed E-state index contributed by atoms with van der Waals surface area (Å²) >= 11 is 0. The Kier molecular flexibility index (Phi) is 4.51. The van der Waals surface area contributed by atoms with Gasteiger partial charge in [-0.05, 0) is 90.4 Å². The van der Waals surface area contributed by atoms with E-state index in [0.717, 1.165) is 63.3 Å². The predicted molar refractivity (Wildman–Crippen MR) is 156 cm³/mol. The largest absolute Gasteiger partial charge is 0.456 e. The van der Waals surface area contributed by atoms with Crippen LogP contribution in [0.15, 0.2) is 103 Å². The highest BCUT2D eigenvalue weighted by atomic mass is 16.5. The molecule has 0 unspecified atom stereocenters. The van der Waals surface area contributed by atoms with Crippen molar-refractivity contribution in [3.8, 4) is 56.4 Å². The zero-order chi connectivity index (χ0) is 25.4. The van der Waals surface area contributed by atoms with Gasteiger partial charge < -0.3 is 9.47 Å². The van der Waals surface area contributed by atoms with Crippen LogP contribution in [-0.4, -0.2) is 0 Å². The van der Waals surface area contributed by atoms with Crippen molar-refractivity contribution in [2.75, 3.05) is 0 Å². The van der Waals surface area contributed by atoms with Gasteiger partial charge in [0.1, 0.15) is 23.0 Å². The molecule has 0 aromatic heterocycles. The summed E-state index contributed by atoms with van der Waals surface area (Å²) in [7, 11) is 0. The van der Waals surface area contributed by atoms with Crippen LogP contribution in [0.25, 0.3) is 49.7 Å². The third-order valence-electron chi connectivity index (χ3n) is 8.07. The number of ether oxygens (including phenoxy) is 2. The fourth-order valence-corrected chi connectivity index (χ4v) is 6.24. The Balaban J connectivity index is 1.26. The average Bonchev–Trinajstić information content (AvgIpc) is 2.94. The standard InChI is InChI=1S/C36H26O2/c1-21-5-3-7-23(17-21)25-9-11-27-29-13-14-30-28-12-10-26(24-8-4-6-22(2)18-24)20-34(28)38-32-16-15-31(35(29)36(30)32)37-33(27)19-25/h3,5-7,9-20H,4,8H2,1-2H3. The van der Waals surface area contributed by atoms with Crippen LogP contribution < -0.4 is 9.47 Å². The van der Waals surface area contributed by atoms with E-state index >= 15 is 0 Å². The molecule has 182 valence electrons. The fourth-order valence-electron chi connectivity index (χ4n) is 6.24. The van der Waals surface area contributed by atoms with E-state index in [1.54, 1.807) is 0 Å². The van der Waals surface area contributed by atoms with E-state index in [1.807, 2.05) is 0 Å². The van der Waals surface area contributed by atoms with Gasteiger partial charge in [0.2, 0.25) is 0 Å². The van der Waals surface area contributed by atoms with Gasteiger partial charge in [-0.25, -0.2) is 0 Å². The summed E-state index contributed by atoms with van der Waals surface area (Å²) in [6, 6.07) is 30.4. The molecule has 0 atom stereocenters. The number of rotatable bonds is 2. The third-order valence-corrected chi connectivity index (χ3v) is 8.07. The maximum atomic E-state index is 6.57. The van der Waals surface area contributed by atoms with Crippen molar-refractivity contribution in [2.24, 2.45) is 0 Å². The maximum Gasteiger partial charge on any atom is 0.136 e. The first kappa shape index (κ1) is 21.5. The molecule has 2 nitrogen and oxygen atoms in total. The van der Waals surface area contributed by atoms with Crippen molar-refractivity contribution in [3.63, 3.8) is 0 Å². The molecule has 2 heterocycles. The van der Waals surface area contributed by atoms with E-state index in [4.69, 9.17) is 9.47 Å². The van der Waals surface area contributed by atoms with E-state index in [0.29, 0.717) is 0 Å². The molecule has 0 radical (unpaired) electrons. The van der Waals surface area contributed by atoms with Crippen molar-refractivity contribution >= 4 is 16.3 Å². The van der Waals surface area contributed by atoms with Crippen LogP contribution in [0.2, 0.25) is 0 Å². The quantitative estimate of drug-likeness (QED) is 0.240. The summed E-state index contributed by atoms with van der Waals surface area (Å²) in [6.07, 6.45) is 6.76. The van der Waals surface area contributed by atoms with Crippen LogP contribution in [-0.2, 0) is 0 Å². The van der Waals surface area contributed by atoms with Crippen molar-refractivity contribution in [3.05, 3.63) is 114 Å². The van der Waals surface area contributed by atoms with Gasteiger partial charge in [-0.2, -0.15) is 0 Å². The Bertz CT molecular complexity index is 1890. The lowest BCUT2D eigenvalue weighted by molar-refractivity contribution is 0.475. The van der Waals surface area contributed by atoms with E-state index in [2.05, 4.69) is 111 Å². The van der Waals surface area contributed by atoms with Gasteiger partial charge in [0.15, 0.2) is 0 Å². The molecule has 38 heavy (non-hydrogen) atoms. The Morgan fingerprint density at radius 3 is 1.82 bits per heavy atom. The Labute approximate surface area is 222 Å². The first-order valence-electron chi connectivity index (χ1n) is 13.3. The van der Waals surface area contributed by atoms with Crippen molar-refractivity contribution in [2.45, 2.75) is 26.7 Å². The molecule has 3 aliphatic rings. The zero-order valence-electron chi connectivity index (χ0n) is 21.5. The minimum atomic E-state index is 0.882. The molecule has 0 amide bonds. The van der Waals surface area contributed by atoms with Crippen LogP contribution >= 0.6 is 0 Å². The molecular weight excluding hydrogens is 464 g/mol. The summed E-state index contributed by atoms with van der Waals surface area (Å²) in [6.45, 7) is 4.30. The lowest BCUT2D eigenvalue weighted by Crippen LogP contribution is -2.03. The Morgan fingerprint density at radius 2 is 1.16 bits per heavy atom. The summed E-state index contributed by atoms with van der Waals surface area (Å²) in [4.78, 5) is 0. The van der Waals surface area contributed by atoms with E-state index in [-0.39, 0.29) is 0 Å². The minimum absolute atomic E-state index is 0.882. The predicted octanol–water partition coefficient (Wildman–Crippen LogP) is 10.5. The van der Waals surface area contributed by atoms with Crippen molar-refractivity contribution in [1.82, 2.24) is 0 Å². The molecule has 1 aliphatic carbocycles. The molecule has 0 saturated heterocycles. The van der Waals surface area contributed by atoms with Gasteiger partial charge in [0.05, 0.1) is 0 Å². The smallest absolute Gasteiger partial charge is 0.136 e. The van der Waals surface area contributed by atoms with Crippen LogP contribution in [0.3, 0.4) is 0 Å². The van der Waals surface area contributed by atoms with E-state index in [1.165, 1.54) is 39.0 Å². The molecule has 0 N–H and O–H groups in total. The molecule has 2 heteroatoms. The average molecular weight is 491 g/mol. The number of allylic oxidation sites excluding steroid dienone is 4. The number of hydrogen-bond acceptors (Lipinski definition) is 2. The van der Waals surface area contributed by atoms with Crippen LogP contribution in [0.4, 0.5) is 0 Å². The van der Waals surface area contributed by atoms with E-state index < -0.39 is 0 Å². The molecule has 0 spiro atoms. The molecular formula is C36H26O2. The van der Waals surface area contributed by atoms with Gasteiger partial charge in [-0.3, -0.25) is 0 Å². The van der Waals surface area contributed by atoms with Gasteiger partial charge >= 0.3 is 0 Å². The third kappa shape index (κ3) is 3.20. The summed E-state index contributed by atoms with van der Waals surface area (Å²) < 4.78 is 13.1. The van der Waals surface area contributed by atoms with E-state index in [9.17, 15) is 0 Å². The fraction of sp³-hybridized carbons (Fsp3) is 0.111. The topological polar surface area (TPSA) is 18.5 Å². The molecule has 0 bridgehead atoms. The van der Waals surface area contributed by atoms with Crippen molar-refractivity contribution in [1.29, 1.82) is 0 Å². The van der Waals surface area contributed by atoms with Gasteiger partial charge in [0.25, 0.3) is 0 Å². The first-order chi connectivity index (χ1) is 18.6. The zero-order valence-corrected chi connectivity index (χ0v) is 21.5. The molecule has 0 saturated carbocycles. The SMILES string of the molecule is CC1=CCCC(c2ccc3c(c2)Oc2ccc4c5c(ccc-3c25)-c2ccc(-c3cccc(C)c3)cc2O4)=C1. The normalized spacial score (nSPS) is 14.6. The Hall–Kier alpha value is -4.56. The monoisotopic (exact) mass is 490 g/mol. The first-order valence-corrected chi connectivity index (χ1v) is 13.3. The van der Waals surface area contributed by atoms with Crippen LogP contribution in [0.1, 0.15) is 30.9 Å². The highest BCUT2D eigenvalue weighted by Crippen LogP contribution is 2.55. The number of hydrogen-bond donors (Lipinski definition) is 0. The summed E-state index contributed by atoms with van der Waals surface area (Å²) in [5.74, 6) is 3.59. The second kappa shape index (κ2) is 7.97. The summed E-state index contributed by atoms with van der Waals surface area (Å²) in [5, 5.41) is 2.26. The highest BCUT2D eigenvalue weighted by molar-refractivity contribution is 6.14. The molecule has 8 rings (SSSR count). The highest BCUT2D eigenvalue weighted by Gasteiger charge is 2.28. The molecule has 0 fully saturated rings. The van der Waals surface area contributed by atoms with Crippen LogP contribution in [0, 0.1) is 6.92 Å². The maximum absolute atomic E-state index is 6.57. The minimum Gasteiger partial charge on any atom is -0.456 e.